The largest absolute Gasteiger partial charge is 0.309 e. The van der Waals surface area contributed by atoms with E-state index in [1.165, 1.54) is 18.2 Å². The van der Waals surface area contributed by atoms with Crippen LogP contribution in [0.1, 0.15) is 19.5 Å². The van der Waals surface area contributed by atoms with Crippen LogP contribution in [0.25, 0.3) is 10.9 Å². The summed E-state index contributed by atoms with van der Waals surface area (Å²) in [6, 6.07) is 4.24. The Bertz CT molecular complexity index is 659. The van der Waals surface area contributed by atoms with E-state index >= 15 is 0 Å². The van der Waals surface area contributed by atoms with Gasteiger partial charge < -0.3 is 0 Å². The molecule has 0 unspecified atom stereocenters. The molecule has 19 heavy (non-hydrogen) atoms. The van der Waals surface area contributed by atoms with Gasteiger partial charge in [0.1, 0.15) is 22.1 Å². The van der Waals surface area contributed by atoms with Gasteiger partial charge in [-0.05, 0) is 18.4 Å². The maximum Gasteiger partial charge on any atom is 0.309 e. The molecule has 0 aliphatic heterocycles. The van der Waals surface area contributed by atoms with E-state index in [2.05, 4.69) is 4.98 Å². The predicted octanol–water partition coefficient (Wildman–Crippen LogP) is 4.13. The highest BCUT2D eigenvalue weighted by atomic mass is 35.5. The molecule has 1 aromatic heterocycles. The standard InChI is InChI=1S/C13H12ClFN2O2/c1-7(2)6-10-13(17(18)19)11(14)8-4-3-5-9(15)12(8)16-10/h3-5,7H,6H2,1-2H3. The van der Waals surface area contributed by atoms with Gasteiger partial charge in [0, 0.05) is 5.39 Å². The highest BCUT2D eigenvalue weighted by Gasteiger charge is 2.24. The van der Waals surface area contributed by atoms with E-state index in [0.717, 1.165) is 0 Å². The van der Waals surface area contributed by atoms with Gasteiger partial charge in [0.2, 0.25) is 0 Å². The quantitative estimate of drug-likeness (QED) is 0.628. The minimum absolute atomic E-state index is 0.0508. The van der Waals surface area contributed by atoms with Crippen LogP contribution in [0.2, 0.25) is 5.02 Å². The van der Waals surface area contributed by atoms with E-state index in [1.54, 1.807) is 0 Å². The highest BCUT2D eigenvalue weighted by molar-refractivity contribution is 6.37. The monoisotopic (exact) mass is 282 g/mol. The minimum atomic E-state index is -0.558. The first-order valence-electron chi connectivity index (χ1n) is 5.82. The van der Waals surface area contributed by atoms with E-state index in [-0.39, 0.29) is 33.2 Å². The second-order valence-corrected chi connectivity index (χ2v) is 5.09. The van der Waals surface area contributed by atoms with Crippen molar-refractivity contribution >= 4 is 28.2 Å². The lowest BCUT2D eigenvalue weighted by atomic mass is 10.0. The summed E-state index contributed by atoms with van der Waals surface area (Å²) < 4.78 is 13.7. The second-order valence-electron chi connectivity index (χ2n) is 4.71. The third-order valence-corrected chi connectivity index (χ3v) is 3.12. The van der Waals surface area contributed by atoms with Crippen molar-refractivity contribution in [3.8, 4) is 0 Å². The van der Waals surface area contributed by atoms with Crippen molar-refractivity contribution in [2.45, 2.75) is 20.3 Å². The number of hydrogen-bond donors (Lipinski definition) is 0. The number of hydrogen-bond acceptors (Lipinski definition) is 3. The third kappa shape index (κ3) is 2.51. The Morgan fingerprint density at radius 2 is 2.16 bits per heavy atom. The number of aromatic nitrogens is 1. The molecule has 0 saturated carbocycles. The zero-order valence-corrected chi connectivity index (χ0v) is 11.2. The molecule has 0 N–H and O–H groups in total. The normalized spacial score (nSPS) is 11.2. The maximum atomic E-state index is 13.7. The van der Waals surface area contributed by atoms with Crippen LogP contribution in [0, 0.1) is 21.8 Å². The molecule has 2 aromatic rings. The lowest BCUT2D eigenvalue weighted by Gasteiger charge is -2.09. The second kappa shape index (κ2) is 5.09. The Labute approximate surface area is 114 Å². The zero-order chi connectivity index (χ0) is 14.2. The fourth-order valence-corrected chi connectivity index (χ4v) is 2.29. The van der Waals surface area contributed by atoms with Crippen molar-refractivity contribution in [3.63, 3.8) is 0 Å². The summed E-state index contributed by atoms with van der Waals surface area (Å²) in [6.07, 6.45) is 0.375. The molecule has 4 nitrogen and oxygen atoms in total. The maximum absolute atomic E-state index is 13.7. The summed E-state index contributed by atoms with van der Waals surface area (Å²) in [5.41, 5.74) is 0.0739. The summed E-state index contributed by atoms with van der Waals surface area (Å²) in [6.45, 7) is 3.82. The number of para-hydroxylation sites is 1. The molecule has 0 amide bonds. The van der Waals surface area contributed by atoms with E-state index in [4.69, 9.17) is 11.6 Å². The van der Waals surface area contributed by atoms with Gasteiger partial charge >= 0.3 is 5.69 Å². The van der Waals surface area contributed by atoms with E-state index in [1.807, 2.05) is 13.8 Å². The Morgan fingerprint density at radius 3 is 2.74 bits per heavy atom. The molecule has 100 valence electrons. The molecule has 2 rings (SSSR count). The van der Waals surface area contributed by atoms with Crippen LogP contribution in [-0.4, -0.2) is 9.91 Å². The molecule has 0 atom stereocenters. The molecule has 1 heterocycles. The third-order valence-electron chi connectivity index (χ3n) is 2.74. The fraction of sp³-hybridized carbons (Fsp3) is 0.308. The van der Waals surface area contributed by atoms with Gasteiger partial charge in [0.25, 0.3) is 0 Å². The fourth-order valence-electron chi connectivity index (χ4n) is 1.96. The van der Waals surface area contributed by atoms with Crippen LogP contribution in [0.5, 0.6) is 0 Å². The van der Waals surface area contributed by atoms with Gasteiger partial charge in [-0.2, -0.15) is 0 Å². The number of rotatable bonds is 3. The summed E-state index contributed by atoms with van der Waals surface area (Å²) in [7, 11) is 0. The first-order chi connectivity index (χ1) is 8.91. The van der Waals surface area contributed by atoms with Gasteiger partial charge in [0.05, 0.1) is 4.92 Å². The molecule has 0 saturated heterocycles. The average Bonchev–Trinajstić information content (AvgIpc) is 2.29. The first-order valence-corrected chi connectivity index (χ1v) is 6.20. The van der Waals surface area contributed by atoms with Crippen LogP contribution in [0.4, 0.5) is 10.1 Å². The Kier molecular flexibility index (Phi) is 3.66. The van der Waals surface area contributed by atoms with Crippen molar-refractivity contribution in [1.29, 1.82) is 0 Å². The number of fused-ring (bicyclic) bond motifs is 1. The van der Waals surface area contributed by atoms with Gasteiger partial charge in [-0.15, -0.1) is 0 Å². The van der Waals surface area contributed by atoms with E-state index in [9.17, 15) is 14.5 Å². The van der Waals surface area contributed by atoms with Crippen LogP contribution in [0.3, 0.4) is 0 Å². The van der Waals surface area contributed by atoms with Crippen LogP contribution >= 0.6 is 11.6 Å². The molecule has 6 heteroatoms. The molecule has 1 aromatic carbocycles. The molecule has 0 aliphatic rings. The summed E-state index contributed by atoms with van der Waals surface area (Å²) >= 11 is 6.05. The Morgan fingerprint density at radius 1 is 1.47 bits per heavy atom. The van der Waals surface area contributed by atoms with Crippen LogP contribution in [-0.2, 0) is 6.42 Å². The summed E-state index contributed by atoms with van der Waals surface area (Å²) in [5.74, 6) is -0.370. The molecule has 0 fully saturated rings. The average molecular weight is 283 g/mol. The SMILES string of the molecule is CC(C)Cc1nc2c(F)cccc2c(Cl)c1[N+](=O)[O-]. The molecule has 0 spiro atoms. The molecular weight excluding hydrogens is 271 g/mol. The molecule has 0 radical (unpaired) electrons. The number of nitrogens with zero attached hydrogens (tertiary/aromatic N) is 2. The Hall–Kier alpha value is -1.75. The summed E-state index contributed by atoms with van der Waals surface area (Å²) in [4.78, 5) is 14.7. The number of halogens is 2. The zero-order valence-electron chi connectivity index (χ0n) is 10.5. The van der Waals surface area contributed by atoms with Crippen LogP contribution < -0.4 is 0 Å². The van der Waals surface area contributed by atoms with Crippen molar-refractivity contribution in [2.24, 2.45) is 5.92 Å². The summed E-state index contributed by atoms with van der Waals surface area (Å²) in [5, 5.41) is 11.4. The van der Waals surface area contributed by atoms with Crippen molar-refractivity contribution in [3.05, 3.63) is 44.8 Å². The van der Waals surface area contributed by atoms with E-state index in [0.29, 0.717) is 6.42 Å². The lowest BCUT2D eigenvalue weighted by Crippen LogP contribution is -2.05. The highest BCUT2D eigenvalue weighted by Crippen LogP contribution is 2.35. The number of benzene rings is 1. The lowest BCUT2D eigenvalue weighted by molar-refractivity contribution is -0.385. The van der Waals surface area contributed by atoms with Crippen molar-refractivity contribution < 1.29 is 9.31 Å². The molecular formula is C13H12ClFN2O2. The van der Waals surface area contributed by atoms with Gasteiger partial charge in [-0.25, -0.2) is 9.37 Å². The number of pyridine rings is 1. The smallest absolute Gasteiger partial charge is 0.258 e. The first kappa shape index (κ1) is 13.7. The molecule has 0 bridgehead atoms. The van der Waals surface area contributed by atoms with E-state index < -0.39 is 10.7 Å². The Balaban J connectivity index is 2.81. The topological polar surface area (TPSA) is 56.0 Å². The minimum Gasteiger partial charge on any atom is -0.258 e. The number of nitro groups is 1. The van der Waals surface area contributed by atoms with Crippen LogP contribution in [0.15, 0.2) is 18.2 Å². The van der Waals surface area contributed by atoms with Gasteiger partial charge in [0.15, 0.2) is 0 Å². The van der Waals surface area contributed by atoms with Gasteiger partial charge in [-0.3, -0.25) is 10.1 Å². The molecule has 0 aliphatic carbocycles. The van der Waals surface area contributed by atoms with Crippen molar-refractivity contribution in [1.82, 2.24) is 4.98 Å². The van der Waals surface area contributed by atoms with Crippen molar-refractivity contribution in [2.75, 3.05) is 0 Å². The predicted molar refractivity (Wildman–Crippen MR) is 71.9 cm³/mol. The van der Waals surface area contributed by atoms with Gasteiger partial charge in [-0.1, -0.05) is 37.6 Å².